The van der Waals surface area contributed by atoms with E-state index in [2.05, 4.69) is 43.0 Å². The molecule has 2 aromatic heterocycles. The van der Waals surface area contributed by atoms with Crippen LogP contribution in [0.3, 0.4) is 0 Å². The average Bonchev–Trinajstić information content (AvgIpc) is 3.03. The lowest BCUT2D eigenvalue weighted by molar-refractivity contribution is 0.188. The molecule has 24 heavy (non-hydrogen) atoms. The number of aromatic nitrogens is 2. The molecule has 2 aromatic rings. The molecular formula is C18H26N4OS. The zero-order chi connectivity index (χ0) is 17.7. The number of nitrogens with zero attached hydrogens (tertiary/aromatic N) is 3. The summed E-state index contributed by atoms with van der Waals surface area (Å²) in [7, 11) is 1.82. The molecule has 0 aromatic carbocycles. The minimum atomic E-state index is -0.0935. The molecule has 6 heteroatoms. The zero-order valence-corrected chi connectivity index (χ0v) is 15.9. The Morgan fingerprint density at radius 1 is 1.33 bits per heavy atom. The lowest BCUT2D eigenvalue weighted by atomic mass is 9.98. The molecule has 2 rings (SSSR count). The highest BCUT2D eigenvalue weighted by Gasteiger charge is 2.21. The largest absolute Gasteiger partial charge is 0.332 e. The van der Waals surface area contributed by atoms with E-state index in [1.807, 2.05) is 24.6 Å². The van der Waals surface area contributed by atoms with Crippen LogP contribution in [0, 0.1) is 0 Å². The quantitative estimate of drug-likeness (QED) is 0.885. The van der Waals surface area contributed by atoms with Gasteiger partial charge >= 0.3 is 6.03 Å². The van der Waals surface area contributed by atoms with Gasteiger partial charge in [-0.25, -0.2) is 9.78 Å². The fraction of sp³-hybridized carbons (Fsp3) is 0.500. The number of nitrogens with one attached hydrogen (secondary N) is 1. The van der Waals surface area contributed by atoms with Crippen LogP contribution < -0.4 is 5.32 Å². The maximum absolute atomic E-state index is 12.5. The lowest BCUT2D eigenvalue weighted by Gasteiger charge is -2.27. The number of rotatable bonds is 5. The second-order valence-electron chi connectivity index (χ2n) is 6.87. The molecule has 0 aliphatic rings. The number of carbonyl (C=O) groups is 1. The average molecular weight is 347 g/mol. The Morgan fingerprint density at radius 3 is 2.54 bits per heavy atom. The summed E-state index contributed by atoms with van der Waals surface area (Å²) in [5.74, 6) is 0. The van der Waals surface area contributed by atoms with Crippen LogP contribution in [0.2, 0.25) is 0 Å². The van der Waals surface area contributed by atoms with Crippen molar-refractivity contribution >= 4 is 17.4 Å². The third kappa shape index (κ3) is 4.54. The fourth-order valence-electron chi connectivity index (χ4n) is 2.48. The predicted octanol–water partition coefficient (Wildman–Crippen LogP) is 4.13. The first-order chi connectivity index (χ1) is 11.3. The van der Waals surface area contributed by atoms with E-state index in [4.69, 9.17) is 0 Å². The molecule has 0 aliphatic heterocycles. The van der Waals surface area contributed by atoms with Gasteiger partial charge < -0.3 is 10.2 Å². The molecule has 1 N–H and O–H groups in total. The second kappa shape index (κ2) is 7.75. The van der Waals surface area contributed by atoms with Crippen LogP contribution in [0.1, 0.15) is 56.4 Å². The third-order valence-electron chi connectivity index (χ3n) is 3.88. The fourth-order valence-corrected chi connectivity index (χ4v) is 3.39. The van der Waals surface area contributed by atoms with E-state index >= 15 is 0 Å². The van der Waals surface area contributed by atoms with Gasteiger partial charge in [0.05, 0.1) is 23.3 Å². The van der Waals surface area contributed by atoms with Crippen LogP contribution in [-0.4, -0.2) is 27.9 Å². The third-order valence-corrected chi connectivity index (χ3v) is 5.20. The Bertz CT molecular complexity index is 663. The Balaban J connectivity index is 1.97. The maximum Gasteiger partial charge on any atom is 0.317 e. The van der Waals surface area contributed by atoms with Crippen molar-refractivity contribution in [2.75, 3.05) is 7.05 Å². The molecule has 1 unspecified atom stereocenters. The summed E-state index contributed by atoms with van der Waals surface area (Å²) in [6, 6.07) is 3.85. The summed E-state index contributed by atoms with van der Waals surface area (Å²) in [6.45, 7) is 8.95. The second-order valence-corrected chi connectivity index (χ2v) is 7.73. The zero-order valence-electron chi connectivity index (χ0n) is 15.0. The Kier molecular flexibility index (Phi) is 5.94. The van der Waals surface area contributed by atoms with Crippen LogP contribution in [0.4, 0.5) is 4.79 Å². The van der Waals surface area contributed by atoms with Crippen molar-refractivity contribution in [2.24, 2.45) is 0 Å². The van der Waals surface area contributed by atoms with Crippen LogP contribution in [0.25, 0.3) is 0 Å². The number of hydrogen-bond donors (Lipinski definition) is 1. The van der Waals surface area contributed by atoms with Crippen molar-refractivity contribution in [2.45, 2.75) is 52.1 Å². The number of thiazole rings is 1. The van der Waals surface area contributed by atoms with Gasteiger partial charge in [-0.2, -0.15) is 0 Å². The van der Waals surface area contributed by atoms with Gasteiger partial charge in [-0.15, -0.1) is 11.3 Å². The summed E-state index contributed by atoms with van der Waals surface area (Å²) in [5, 5.41) is 6.06. The molecule has 0 aliphatic carbocycles. The molecule has 0 saturated carbocycles. The molecule has 1 atom stereocenters. The first kappa shape index (κ1) is 18.4. The standard InChI is InChI=1S/C18H26N4OS/c1-6-15(13-7-9-19-10-8-13)22(5)17(23)20-11-14-12-24-16(21-14)18(2,3)4/h7-10,12,15H,6,11H2,1-5H3,(H,20,23). The van der Waals surface area contributed by atoms with Crippen LogP contribution in [0.5, 0.6) is 0 Å². The summed E-state index contributed by atoms with van der Waals surface area (Å²) >= 11 is 1.64. The smallest absolute Gasteiger partial charge is 0.317 e. The van der Waals surface area contributed by atoms with E-state index in [0.717, 1.165) is 22.7 Å². The van der Waals surface area contributed by atoms with Crippen molar-refractivity contribution in [1.29, 1.82) is 0 Å². The Labute approximate surface area is 148 Å². The van der Waals surface area contributed by atoms with Crippen molar-refractivity contribution in [3.8, 4) is 0 Å². The number of hydrogen-bond acceptors (Lipinski definition) is 4. The number of amides is 2. The number of pyridine rings is 1. The molecule has 2 amide bonds. The first-order valence-electron chi connectivity index (χ1n) is 8.18. The topological polar surface area (TPSA) is 58.1 Å². The van der Waals surface area contributed by atoms with E-state index in [1.165, 1.54) is 0 Å². The molecule has 0 bridgehead atoms. The van der Waals surface area contributed by atoms with E-state index < -0.39 is 0 Å². The van der Waals surface area contributed by atoms with E-state index in [-0.39, 0.29) is 17.5 Å². The Morgan fingerprint density at radius 2 is 2.00 bits per heavy atom. The van der Waals surface area contributed by atoms with Gasteiger partial charge in [0.15, 0.2) is 0 Å². The van der Waals surface area contributed by atoms with Gasteiger partial charge in [0.25, 0.3) is 0 Å². The highest BCUT2D eigenvalue weighted by molar-refractivity contribution is 7.09. The Hall–Kier alpha value is -1.95. The summed E-state index contributed by atoms with van der Waals surface area (Å²) in [6.07, 6.45) is 4.36. The number of carbonyl (C=O) groups excluding carboxylic acids is 1. The molecule has 0 saturated heterocycles. The molecular weight excluding hydrogens is 320 g/mol. The lowest BCUT2D eigenvalue weighted by Crippen LogP contribution is -2.39. The minimum absolute atomic E-state index is 0.0357. The van der Waals surface area contributed by atoms with Gasteiger partial charge in [-0.3, -0.25) is 4.98 Å². The monoisotopic (exact) mass is 346 g/mol. The summed E-state index contributed by atoms with van der Waals surface area (Å²) < 4.78 is 0. The van der Waals surface area contributed by atoms with Crippen molar-refractivity contribution in [1.82, 2.24) is 20.2 Å². The molecule has 130 valence electrons. The van der Waals surface area contributed by atoms with E-state index in [9.17, 15) is 4.79 Å². The van der Waals surface area contributed by atoms with Gasteiger partial charge in [-0.05, 0) is 24.1 Å². The highest BCUT2D eigenvalue weighted by Crippen LogP contribution is 2.26. The molecule has 0 fully saturated rings. The van der Waals surface area contributed by atoms with Gasteiger partial charge in [0, 0.05) is 30.2 Å². The van der Waals surface area contributed by atoms with Crippen molar-refractivity contribution in [3.63, 3.8) is 0 Å². The normalized spacial score (nSPS) is 12.7. The van der Waals surface area contributed by atoms with Gasteiger partial charge in [0.1, 0.15) is 0 Å². The molecule has 2 heterocycles. The molecule has 0 spiro atoms. The minimum Gasteiger partial charge on any atom is -0.332 e. The maximum atomic E-state index is 12.5. The van der Waals surface area contributed by atoms with Crippen LogP contribution >= 0.6 is 11.3 Å². The van der Waals surface area contributed by atoms with Crippen molar-refractivity contribution < 1.29 is 4.79 Å². The SMILES string of the molecule is CCC(c1ccncc1)N(C)C(=O)NCc1csc(C(C)(C)C)n1. The van der Waals surface area contributed by atoms with Gasteiger partial charge in [0.2, 0.25) is 0 Å². The summed E-state index contributed by atoms with van der Waals surface area (Å²) in [4.78, 5) is 22.9. The van der Waals surface area contributed by atoms with E-state index in [1.54, 1.807) is 28.6 Å². The van der Waals surface area contributed by atoms with Crippen LogP contribution in [0.15, 0.2) is 29.9 Å². The predicted molar refractivity (Wildman–Crippen MR) is 98.1 cm³/mol. The molecule has 0 radical (unpaired) electrons. The van der Waals surface area contributed by atoms with Crippen LogP contribution in [-0.2, 0) is 12.0 Å². The number of urea groups is 1. The first-order valence-corrected chi connectivity index (χ1v) is 9.06. The summed E-state index contributed by atoms with van der Waals surface area (Å²) in [5.41, 5.74) is 2.04. The van der Waals surface area contributed by atoms with Gasteiger partial charge in [-0.1, -0.05) is 27.7 Å². The molecule has 5 nitrogen and oxygen atoms in total. The van der Waals surface area contributed by atoms with E-state index in [0.29, 0.717) is 6.54 Å². The highest BCUT2D eigenvalue weighted by atomic mass is 32.1. The van der Waals surface area contributed by atoms with Crippen molar-refractivity contribution in [3.05, 3.63) is 46.2 Å².